The van der Waals surface area contributed by atoms with Crippen LogP contribution >= 0.6 is 0 Å². The topological polar surface area (TPSA) is 50.4 Å². The molecule has 0 aromatic rings. The van der Waals surface area contributed by atoms with E-state index in [4.69, 9.17) is 4.74 Å². The van der Waals surface area contributed by atoms with Crippen LogP contribution in [-0.2, 0) is 4.74 Å². The first-order valence-corrected chi connectivity index (χ1v) is 8.98. The van der Waals surface area contributed by atoms with Crippen molar-refractivity contribution in [2.45, 2.75) is 84.3 Å². The van der Waals surface area contributed by atoms with Crippen molar-refractivity contribution < 1.29 is 9.53 Å². The van der Waals surface area contributed by atoms with Crippen LogP contribution in [0.2, 0.25) is 0 Å². The number of carbonyl (C=O) groups is 1. The molecule has 2 unspecified atom stereocenters. The van der Waals surface area contributed by atoms with Crippen molar-refractivity contribution in [2.75, 3.05) is 13.1 Å². The molecule has 128 valence electrons. The Morgan fingerprint density at radius 1 is 1.18 bits per heavy atom. The third-order valence-corrected chi connectivity index (χ3v) is 5.17. The second kappa shape index (κ2) is 7.20. The van der Waals surface area contributed by atoms with E-state index in [9.17, 15) is 4.79 Å². The third-order valence-electron chi connectivity index (χ3n) is 5.17. The fourth-order valence-electron chi connectivity index (χ4n) is 3.86. The van der Waals surface area contributed by atoms with E-state index >= 15 is 0 Å². The molecule has 0 bridgehead atoms. The predicted octanol–water partition coefficient (Wildman–Crippen LogP) is 3.85. The number of hydrogen-bond acceptors (Lipinski definition) is 3. The summed E-state index contributed by atoms with van der Waals surface area (Å²) in [4.78, 5) is 11.8. The van der Waals surface area contributed by atoms with Crippen LogP contribution in [-0.4, -0.2) is 30.8 Å². The average Bonchev–Trinajstić information content (AvgIpc) is 3.01. The van der Waals surface area contributed by atoms with Crippen LogP contribution in [0.25, 0.3) is 0 Å². The molecule has 4 nitrogen and oxygen atoms in total. The Bertz CT molecular complexity index is 370. The van der Waals surface area contributed by atoms with Gasteiger partial charge >= 0.3 is 6.09 Å². The highest BCUT2D eigenvalue weighted by Crippen LogP contribution is 2.37. The molecule has 0 aliphatic heterocycles. The molecule has 0 aromatic carbocycles. The summed E-state index contributed by atoms with van der Waals surface area (Å²) in [5, 5.41) is 6.74. The van der Waals surface area contributed by atoms with Gasteiger partial charge in [0.2, 0.25) is 0 Å². The maximum Gasteiger partial charge on any atom is 0.407 e. The van der Waals surface area contributed by atoms with Crippen molar-refractivity contribution in [1.29, 1.82) is 0 Å². The normalized spacial score (nSPS) is 27.8. The molecular formula is C18H34N2O2. The molecule has 2 aliphatic rings. The summed E-state index contributed by atoms with van der Waals surface area (Å²) in [7, 11) is 0. The molecule has 0 radical (unpaired) electrons. The molecule has 4 heteroatoms. The van der Waals surface area contributed by atoms with Crippen LogP contribution in [0.5, 0.6) is 0 Å². The van der Waals surface area contributed by atoms with E-state index in [2.05, 4.69) is 17.6 Å². The maximum atomic E-state index is 11.8. The number of carbonyl (C=O) groups excluding carboxylic acids is 1. The zero-order valence-corrected chi connectivity index (χ0v) is 14.8. The molecule has 22 heavy (non-hydrogen) atoms. The zero-order valence-electron chi connectivity index (χ0n) is 14.8. The van der Waals surface area contributed by atoms with Crippen LogP contribution in [0.15, 0.2) is 0 Å². The lowest BCUT2D eigenvalue weighted by Crippen LogP contribution is -2.43. The number of alkyl carbamates (subject to hydrolysis) is 1. The number of rotatable bonds is 5. The first-order chi connectivity index (χ1) is 10.3. The Morgan fingerprint density at radius 2 is 1.86 bits per heavy atom. The standard InChI is InChI=1S/C18H34N2O2/c1-17(2,3)22-16(21)19-12-14-8-7-9-15(14)20-13-18(4)10-5-6-11-18/h14-15,20H,5-13H2,1-4H3,(H,19,21). The molecule has 1 amide bonds. The number of nitrogens with one attached hydrogen (secondary N) is 2. The summed E-state index contributed by atoms with van der Waals surface area (Å²) in [5.74, 6) is 0.539. The Balaban J connectivity index is 1.72. The highest BCUT2D eigenvalue weighted by atomic mass is 16.6. The Morgan fingerprint density at radius 3 is 2.50 bits per heavy atom. The van der Waals surface area contributed by atoms with E-state index in [0.29, 0.717) is 17.4 Å². The Kier molecular flexibility index (Phi) is 5.76. The molecule has 2 atom stereocenters. The Hall–Kier alpha value is -0.770. The van der Waals surface area contributed by atoms with E-state index in [1.54, 1.807) is 0 Å². The van der Waals surface area contributed by atoms with Crippen molar-refractivity contribution >= 4 is 6.09 Å². The largest absolute Gasteiger partial charge is 0.444 e. The van der Waals surface area contributed by atoms with E-state index in [0.717, 1.165) is 13.1 Å². The first-order valence-electron chi connectivity index (χ1n) is 8.98. The lowest BCUT2D eigenvalue weighted by molar-refractivity contribution is 0.0517. The van der Waals surface area contributed by atoms with Gasteiger partial charge in [-0.3, -0.25) is 0 Å². The summed E-state index contributed by atoms with van der Waals surface area (Å²) < 4.78 is 5.32. The number of amides is 1. The fourth-order valence-corrected chi connectivity index (χ4v) is 3.86. The van der Waals surface area contributed by atoms with Gasteiger partial charge in [-0.1, -0.05) is 26.2 Å². The summed E-state index contributed by atoms with van der Waals surface area (Å²) in [6, 6.07) is 0.548. The van der Waals surface area contributed by atoms with Gasteiger partial charge in [0.05, 0.1) is 0 Å². The van der Waals surface area contributed by atoms with Gasteiger partial charge in [0.15, 0.2) is 0 Å². The van der Waals surface area contributed by atoms with Gasteiger partial charge < -0.3 is 15.4 Å². The van der Waals surface area contributed by atoms with Gasteiger partial charge in [-0.25, -0.2) is 4.79 Å². The molecule has 2 N–H and O–H groups in total. The highest BCUT2D eigenvalue weighted by Gasteiger charge is 2.32. The van der Waals surface area contributed by atoms with Gasteiger partial charge in [0, 0.05) is 19.1 Å². The second-order valence-electron chi connectivity index (χ2n) is 8.58. The van der Waals surface area contributed by atoms with E-state index < -0.39 is 5.60 Å². The predicted molar refractivity (Wildman–Crippen MR) is 89.9 cm³/mol. The van der Waals surface area contributed by atoms with Gasteiger partial charge in [0.1, 0.15) is 5.60 Å². The van der Waals surface area contributed by atoms with Crippen molar-refractivity contribution in [1.82, 2.24) is 10.6 Å². The van der Waals surface area contributed by atoms with Gasteiger partial charge in [0.25, 0.3) is 0 Å². The van der Waals surface area contributed by atoms with Crippen molar-refractivity contribution in [3.8, 4) is 0 Å². The first kappa shape index (κ1) is 17.6. The smallest absolute Gasteiger partial charge is 0.407 e. The number of ether oxygens (including phenoxy) is 1. The van der Waals surface area contributed by atoms with E-state index in [-0.39, 0.29) is 6.09 Å². The number of hydrogen-bond donors (Lipinski definition) is 2. The molecule has 0 saturated heterocycles. The lowest BCUT2D eigenvalue weighted by atomic mass is 9.88. The fraction of sp³-hybridized carbons (Fsp3) is 0.944. The van der Waals surface area contributed by atoms with E-state index in [1.807, 2.05) is 20.8 Å². The quantitative estimate of drug-likeness (QED) is 0.811. The third kappa shape index (κ3) is 5.45. The average molecular weight is 310 g/mol. The summed E-state index contributed by atoms with van der Waals surface area (Å²) >= 11 is 0. The van der Waals surface area contributed by atoms with Crippen molar-refractivity contribution in [2.24, 2.45) is 11.3 Å². The van der Waals surface area contributed by atoms with Crippen molar-refractivity contribution in [3.05, 3.63) is 0 Å². The molecule has 0 aromatic heterocycles. The minimum absolute atomic E-state index is 0.291. The van der Waals surface area contributed by atoms with Crippen LogP contribution in [0.3, 0.4) is 0 Å². The van der Waals surface area contributed by atoms with Crippen LogP contribution in [0.1, 0.15) is 72.6 Å². The van der Waals surface area contributed by atoms with Gasteiger partial charge in [-0.05, 0) is 57.8 Å². The van der Waals surface area contributed by atoms with Crippen LogP contribution in [0, 0.1) is 11.3 Å². The summed E-state index contributed by atoms with van der Waals surface area (Å²) in [6.07, 6.45) is 8.87. The molecule has 2 rings (SSSR count). The van der Waals surface area contributed by atoms with Gasteiger partial charge in [-0.2, -0.15) is 0 Å². The molecular weight excluding hydrogens is 276 g/mol. The Labute approximate surface area is 135 Å². The highest BCUT2D eigenvalue weighted by molar-refractivity contribution is 5.67. The molecule has 2 fully saturated rings. The summed E-state index contributed by atoms with van der Waals surface area (Å²) in [5.41, 5.74) is 0.0697. The van der Waals surface area contributed by atoms with Crippen LogP contribution in [0.4, 0.5) is 4.79 Å². The van der Waals surface area contributed by atoms with Crippen LogP contribution < -0.4 is 10.6 Å². The zero-order chi connectivity index (χ0) is 16.2. The molecule has 0 spiro atoms. The van der Waals surface area contributed by atoms with Crippen molar-refractivity contribution in [3.63, 3.8) is 0 Å². The maximum absolute atomic E-state index is 11.8. The SMILES string of the molecule is CC1(CNC2CCCC2CNC(=O)OC(C)(C)C)CCCC1. The molecule has 2 aliphatic carbocycles. The van der Waals surface area contributed by atoms with Gasteiger partial charge in [-0.15, -0.1) is 0 Å². The minimum Gasteiger partial charge on any atom is -0.444 e. The molecule has 2 saturated carbocycles. The monoisotopic (exact) mass is 310 g/mol. The summed E-state index contributed by atoms with van der Waals surface area (Å²) in [6.45, 7) is 9.96. The minimum atomic E-state index is -0.422. The lowest BCUT2D eigenvalue weighted by Gasteiger charge is -2.29. The second-order valence-corrected chi connectivity index (χ2v) is 8.58. The van der Waals surface area contributed by atoms with E-state index in [1.165, 1.54) is 44.9 Å². The molecule has 0 heterocycles.